The van der Waals surface area contributed by atoms with Gasteiger partial charge in [-0.15, -0.1) is 6.58 Å². The van der Waals surface area contributed by atoms with Crippen molar-refractivity contribution in [2.45, 2.75) is 123 Å². The topological polar surface area (TPSA) is 135 Å². The molecule has 12 heteroatoms. The summed E-state index contributed by atoms with van der Waals surface area (Å²) in [7, 11) is -0.571. The van der Waals surface area contributed by atoms with E-state index in [0.29, 0.717) is 31.6 Å². The average Bonchev–Trinajstić information content (AvgIpc) is 3.11. The number of allylic oxidation sites excluding steroid dienone is 3. The van der Waals surface area contributed by atoms with Crippen molar-refractivity contribution in [2.24, 2.45) is 23.7 Å². The Morgan fingerprint density at radius 1 is 1.06 bits per heavy atom. The first kappa shape index (κ1) is 46.4. The van der Waals surface area contributed by atoms with Gasteiger partial charge in [-0.25, -0.2) is 5.43 Å². The molecule has 7 atom stereocenters. The van der Waals surface area contributed by atoms with Crippen LogP contribution in [-0.4, -0.2) is 81.5 Å². The number of hydrazine groups is 1. The molecule has 54 heavy (non-hydrogen) atoms. The molecule has 302 valence electrons. The molecule has 3 amide bonds. The third-order valence-electron chi connectivity index (χ3n) is 10.8. The minimum Gasteiger partial charge on any atom is -0.543 e. The van der Waals surface area contributed by atoms with Crippen LogP contribution in [0.15, 0.2) is 61.7 Å². The van der Waals surface area contributed by atoms with Crippen molar-refractivity contribution in [3.63, 3.8) is 0 Å². The van der Waals surface area contributed by atoms with E-state index in [4.69, 9.17) is 13.9 Å². The molecule has 3 N–H and O–H groups in total. The zero-order valence-electron chi connectivity index (χ0n) is 34.7. The smallest absolute Gasteiger partial charge is 0.324 e. The van der Waals surface area contributed by atoms with Crippen molar-refractivity contribution in [3.05, 3.63) is 67.3 Å². The predicted octanol–water partition coefficient (Wildman–Crippen LogP) is 6.52. The number of nitrogens with zero attached hydrogens (tertiary/aromatic N) is 1. The summed E-state index contributed by atoms with van der Waals surface area (Å²) in [6.07, 6.45) is 8.62. The van der Waals surface area contributed by atoms with Crippen LogP contribution in [0.25, 0.3) is 0 Å². The largest absolute Gasteiger partial charge is 0.543 e. The minimum absolute atomic E-state index is 0.00296. The molecular weight excluding hydrogens is 701 g/mol. The predicted molar refractivity (Wildman–Crippen MR) is 218 cm³/mol. The maximum absolute atomic E-state index is 14.3. The number of methoxy groups -OCH3 is 1. The Balaban J connectivity index is 2.40. The lowest BCUT2D eigenvalue weighted by Gasteiger charge is -2.37. The van der Waals surface area contributed by atoms with Gasteiger partial charge in [-0.05, 0) is 72.8 Å². The summed E-state index contributed by atoms with van der Waals surface area (Å²) in [5.41, 5.74) is 3.84. The van der Waals surface area contributed by atoms with Crippen LogP contribution in [0.1, 0.15) is 80.2 Å². The molecule has 11 nitrogen and oxygen atoms in total. The molecular formula is C42H68N4O7Si. The van der Waals surface area contributed by atoms with Crippen molar-refractivity contribution in [2.75, 3.05) is 20.3 Å². The van der Waals surface area contributed by atoms with Crippen LogP contribution >= 0.6 is 0 Å². The van der Waals surface area contributed by atoms with Crippen LogP contribution in [0.2, 0.25) is 18.1 Å². The van der Waals surface area contributed by atoms with E-state index in [-0.39, 0.29) is 41.7 Å². The molecule has 0 radical (unpaired) electrons. The van der Waals surface area contributed by atoms with E-state index in [1.165, 1.54) is 5.01 Å². The number of amides is 3. The highest BCUT2D eigenvalue weighted by Gasteiger charge is 2.40. The van der Waals surface area contributed by atoms with E-state index < -0.39 is 56.2 Å². The van der Waals surface area contributed by atoms with Gasteiger partial charge in [0, 0.05) is 20.1 Å². The zero-order valence-corrected chi connectivity index (χ0v) is 35.7. The third kappa shape index (κ3) is 13.5. The van der Waals surface area contributed by atoms with E-state index in [1.807, 2.05) is 57.2 Å². The first-order chi connectivity index (χ1) is 25.3. The fraction of sp³-hybridized carbons (Fsp3) is 0.619. The van der Waals surface area contributed by atoms with Crippen LogP contribution in [0.5, 0.6) is 5.75 Å². The fourth-order valence-electron chi connectivity index (χ4n) is 6.10. The normalized spacial score (nSPS) is 18.5. The van der Waals surface area contributed by atoms with Crippen LogP contribution in [0, 0.1) is 23.7 Å². The van der Waals surface area contributed by atoms with E-state index in [0.717, 1.165) is 5.56 Å². The Morgan fingerprint density at radius 3 is 2.33 bits per heavy atom. The average molecular weight is 769 g/mol. The summed E-state index contributed by atoms with van der Waals surface area (Å²) in [6.45, 7) is 28.4. The first-order valence-corrected chi connectivity index (χ1v) is 22.2. The highest BCUT2D eigenvalue weighted by atomic mass is 28.4. The standard InChI is InChI=1S/C42H68N4O7Si/c1-14-16-20-29(5)30(6)37(51-11)31(7)38(47)44-36(28(3)4)39(48)43-35(27-32-21-18-22-33(26-32)53-54(12,13)42(8,9)10)40(49)46-24-19-23-34(45-46)41(50)52-25-17-15-2/h14-16,18,20-22,26,28-31,34-37,45H,1-2,17,19,23-25,27H2,3-13H3,(H,43,48)(H,44,47)/b20-16+/t29-,30-,31+,34-,35-,36-,37+/m0/s1. The van der Waals surface area contributed by atoms with Crippen molar-refractivity contribution in [1.29, 1.82) is 0 Å². The Labute approximate surface area is 325 Å². The summed E-state index contributed by atoms with van der Waals surface area (Å²) >= 11 is 0. The second kappa shape index (κ2) is 21.4. The van der Waals surface area contributed by atoms with Gasteiger partial charge in [0.15, 0.2) is 0 Å². The summed E-state index contributed by atoms with van der Waals surface area (Å²) in [6, 6.07) is 4.94. The van der Waals surface area contributed by atoms with Gasteiger partial charge in [0.2, 0.25) is 20.1 Å². The maximum Gasteiger partial charge on any atom is 0.324 e. The molecule has 2 rings (SSSR count). The lowest BCUT2D eigenvalue weighted by molar-refractivity contribution is -0.153. The maximum atomic E-state index is 14.3. The monoisotopic (exact) mass is 768 g/mol. The molecule has 0 saturated carbocycles. The molecule has 1 aliphatic heterocycles. The molecule has 0 aliphatic carbocycles. The summed E-state index contributed by atoms with van der Waals surface area (Å²) in [5, 5.41) is 7.33. The lowest BCUT2D eigenvalue weighted by Crippen LogP contribution is -2.62. The number of benzene rings is 1. The Kier molecular flexibility index (Phi) is 18.4. The molecule has 0 aromatic heterocycles. The van der Waals surface area contributed by atoms with Gasteiger partial charge in [0.1, 0.15) is 23.9 Å². The van der Waals surface area contributed by atoms with Crippen LogP contribution in [-0.2, 0) is 35.1 Å². The number of rotatable bonds is 20. The molecule has 1 aliphatic rings. The van der Waals surface area contributed by atoms with Crippen molar-refractivity contribution in [3.8, 4) is 5.75 Å². The van der Waals surface area contributed by atoms with Gasteiger partial charge >= 0.3 is 5.97 Å². The van der Waals surface area contributed by atoms with Gasteiger partial charge in [-0.2, -0.15) is 0 Å². The van der Waals surface area contributed by atoms with Gasteiger partial charge in [-0.1, -0.05) is 98.4 Å². The van der Waals surface area contributed by atoms with Gasteiger partial charge in [-0.3, -0.25) is 24.2 Å². The number of hydrogen-bond donors (Lipinski definition) is 3. The Morgan fingerprint density at radius 2 is 1.74 bits per heavy atom. The van der Waals surface area contributed by atoms with E-state index in [9.17, 15) is 19.2 Å². The van der Waals surface area contributed by atoms with Crippen LogP contribution < -0.4 is 20.5 Å². The van der Waals surface area contributed by atoms with Crippen molar-refractivity contribution < 1.29 is 33.1 Å². The Hall–Kier alpha value is -3.74. The number of esters is 1. The molecule has 0 bridgehead atoms. The molecule has 1 aromatic rings. The first-order valence-electron chi connectivity index (χ1n) is 19.3. The molecule has 1 saturated heterocycles. The number of nitrogens with one attached hydrogen (secondary N) is 3. The van der Waals surface area contributed by atoms with Gasteiger partial charge in [0.25, 0.3) is 5.91 Å². The van der Waals surface area contributed by atoms with Crippen molar-refractivity contribution >= 4 is 32.0 Å². The number of carbonyl (C=O) groups excluding carboxylic acids is 4. The van der Waals surface area contributed by atoms with E-state index in [1.54, 1.807) is 26.2 Å². The SMILES string of the molecule is C=C/C=C/[C@H](C)[C@H](C)[C@@H](OC)[C@@H](C)C(=O)N[C@H](C(=O)N[C@@H](Cc1cccc(O[Si](C)(C)C(C)(C)C)c1)C(=O)N1CCC[C@@H](C(=O)OCCC=C)N1)C(C)C. The lowest BCUT2D eigenvalue weighted by atomic mass is 9.83. The van der Waals surface area contributed by atoms with E-state index in [2.05, 4.69) is 70.0 Å². The number of carbonyl (C=O) groups is 4. The van der Waals surface area contributed by atoms with E-state index >= 15 is 0 Å². The minimum atomic E-state index is -2.16. The second-order valence-electron chi connectivity index (χ2n) is 16.4. The van der Waals surface area contributed by atoms with Crippen LogP contribution in [0.4, 0.5) is 0 Å². The highest BCUT2D eigenvalue weighted by molar-refractivity contribution is 6.74. The third-order valence-corrected chi connectivity index (χ3v) is 15.1. The molecule has 1 heterocycles. The summed E-state index contributed by atoms with van der Waals surface area (Å²) < 4.78 is 17.8. The molecule has 1 aromatic carbocycles. The number of ether oxygens (including phenoxy) is 2. The summed E-state index contributed by atoms with van der Waals surface area (Å²) in [4.78, 5) is 55.0. The molecule has 1 fully saturated rings. The highest BCUT2D eigenvalue weighted by Crippen LogP contribution is 2.37. The van der Waals surface area contributed by atoms with Gasteiger partial charge in [0.05, 0.1) is 18.6 Å². The second-order valence-corrected chi connectivity index (χ2v) is 21.1. The van der Waals surface area contributed by atoms with Crippen molar-refractivity contribution in [1.82, 2.24) is 21.1 Å². The quantitative estimate of drug-likeness (QED) is 0.0449. The molecule has 0 spiro atoms. The fourth-order valence-corrected chi connectivity index (χ4v) is 7.12. The van der Waals surface area contributed by atoms with Gasteiger partial charge < -0.3 is 24.5 Å². The number of hydrogen-bond acceptors (Lipinski definition) is 8. The van der Waals surface area contributed by atoms with Crippen LogP contribution in [0.3, 0.4) is 0 Å². The summed E-state index contributed by atoms with van der Waals surface area (Å²) in [5.74, 6) is -1.71. The zero-order chi connectivity index (χ0) is 40.8. The molecule has 0 unspecified atom stereocenters. The Bertz CT molecular complexity index is 1460.